The molecule has 1 saturated carbocycles. The summed E-state index contributed by atoms with van der Waals surface area (Å²) in [4.78, 5) is 1.52. The molecule has 1 aliphatic carbocycles. The molecule has 0 radical (unpaired) electrons. The molecule has 0 amide bonds. The minimum Gasteiger partial charge on any atom is -0.119 e. The van der Waals surface area contributed by atoms with Crippen LogP contribution in [0.1, 0.15) is 37.7 Å². The fourth-order valence-electron chi connectivity index (χ4n) is 2.86. The molecule has 1 aromatic rings. The molecule has 0 bridgehead atoms. The normalized spacial score (nSPS) is 23.0. The van der Waals surface area contributed by atoms with Crippen LogP contribution in [0.2, 0.25) is 0 Å². The van der Waals surface area contributed by atoms with E-state index in [2.05, 4.69) is 45.9 Å². The molecule has 0 nitrogen and oxygen atoms in total. The second kappa shape index (κ2) is 3.81. The first-order chi connectivity index (χ1) is 7.27. The highest BCUT2D eigenvalue weighted by atomic mass is 79.9. The molecule has 80 valence electrons. The summed E-state index contributed by atoms with van der Waals surface area (Å²) in [6.45, 7) is 0. The van der Waals surface area contributed by atoms with E-state index in [1.54, 1.807) is 5.56 Å². The summed E-state index contributed by atoms with van der Waals surface area (Å²) < 4.78 is 1.79. The lowest BCUT2D eigenvalue weighted by atomic mass is 9.84. The maximum absolute atomic E-state index is 3.56. The minimum atomic E-state index is 0.571. The molecule has 1 heterocycles. The molecule has 0 saturated heterocycles. The van der Waals surface area contributed by atoms with Gasteiger partial charge in [-0.2, -0.15) is 0 Å². The molecule has 2 aliphatic rings. The number of hydrogen-bond acceptors (Lipinski definition) is 1. The lowest BCUT2D eigenvalue weighted by Gasteiger charge is -2.32. The Kier molecular flexibility index (Phi) is 2.60. The van der Waals surface area contributed by atoms with Gasteiger partial charge in [0.2, 0.25) is 0 Å². The van der Waals surface area contributed by atoms with Gasteiger partial charge >= 0.3 is 0 Å². The van der Waals surface area contributed by atoms with Crippen molar-refractivity contribution in [2.24, 2.45) is 0 Å². The molecule has 0 aromatic heterocycles. The van der Waals surface area contributed by atoms with Crippen LogP contribution in [0.15, 0.2) is 27.6 Å². The topological polar surface area (TPSA) is 0 Å². The smallest absolute Gasteiger partial charge is 0.0248 e. The van der Waals surface area contributed by atoms with E-state index in [9.17, 15) is 0 Å². The maximum Gasteiger partial charge on any atom is 0.0248 e. The van der Waals surface area contributed by atoms with Crippen molar-refractivity contribution in [2.75, 3.05) is 0 Å². The number of benzene rings is 1. The molecule has 1 spiro atoms. The van der Waals surface area contributed by atoms with Gasteiger partial charge in [0.15, 0.2) is 0 Å². The second-order valence-electron chi connectivity index (χ2n) is 4.77. The van der Waals surface area contributed by atoms with Crippen LogP contribution >= 0.6 is 27.7 Å². The van der Waals surface area contributed by atoms with Crippen LogP contribution in [0.4, 0.5) is 0 Å². The highest BCUT2D eigenvalue weighted by Gasteiger charge is 2.38. The highest BCUT2D eigenvalue weighted by molar-refractivity contribution is 9.10. The molecule has 1 aliphatic heterocycles. The summed E-state index contributed by atoms with van der Waals surface area (Å²) >= 11 is 5.71. The predicted molar refractivity (Wildman–Crippen MR) is 69.5 cm³/mol. The maximum atomic E-state index is 3.56. The molecule has 15 heavy (non-hydrogen) atoms. The van der Waals surface area contributed by atoms with Gasteiger partial charge < -0.3 is 0 Å². The van der Waals surface area contributed by atoms with Crippen molar-refractivity contribution in [3.05, 3.63) is 28.2 Å². The van der Waals surface area contributed by atoms with Gasteiger partial charge in [0, 0.05) is 14.1 Å². The first kappa shape index (κ1) is 10.2. The van der Waals surface area contributed by atoms with E-state index in [1.807, 2.05) is 0 Å². The van der Waals surface area contributed by atoms with E-state index in [1.165, 1.54) is 47.9 Å². The van der Waals surface area contributed by atoms with Gasteiger partial charge in [-0.3, -0.25) is 0 Å². The van der Waals surface area contributed by atoms with Gasteiger partial charge in [-0.05, 0) is 37.0 Å². The third kappa shape index (κ3) is 1.87. The SMILES string of the molecule is Brc1ccc2c(c1)SC1(CCCCC1)C2. The molecule has 1 aromatic carbocycles. The number of rotatable bonds is 0. The Labute approximate surface area is 104 Å². The third-order valence-electron chi connectivity index (χ3n) is 3.63. The van der Waals surface area contributed by atoms with Crippen LogP contribution in [0, 0.1) is 0 Å². The number of halogens is 1. The van der Waals surface area contributed by atoms with Crippen molar-refractivity contribution in [1.82, 2.24) is 0 Å². The zero-order chi connectivity index (χ0) is 10.3. The van der Waals surface area contributed by atoms with Crippen molar-refractivity contribution in [3.63, 3.8) is 0 Å². The van der Waals surface area contributed by atoms with E-state index < -0.39 is 0 Å². The minimum absolute atomic E-state index is 0.571. The first-order valence-corrected chi connectivity index (χ1v) is 7.36. The zero-order valence-corrected chi connectivity index (χ0v) is 11.2. The number of hydrogen-bond donors (Lipinski definition) is 0. The Morgan fingerprint density at radius 1 is 1.13 bits per heavy atom. The fraction of sp³-hybridized carbons (Fsp3) is 0.538. The van der Waals surface area contributed by atoms with Crippen LogP contribution in [0.25, 0.3) is 0 Å². The van der Waals surface area contributed by atoms with Crippen LogP contribution < -0.4 is 0 Å². The number of fused-ring (bicyclic) bond motifs is 1. The van der Waals surface area contributed by atoms with Gasteiger partial charge in [-0.1, -0.05) is 41.3 Å². The van der Waals surface area contributed by atoms with E-state index in [-0.39, 0.29) is 0 Å². The summed E-state index contributed by atoms with van der Waals surface area (Å²) in [5.74, 6) is 0. The number of thioether (sulfide) groups is 1. The molecule has 2 heteroatoms. The molecule has 0 N–H and O–H groups in total. The van der Waals surface area contributed by atoms with Crippen LogP contribution in [0.5, 0.6) is 0 Å². The standard InChI is InChI=1S/C13H15BrS/c14-11-5-4-10-9-13(15-12(10)8-11)6-2-1-3-7-13/h4-5,8H,1-3,6-7,9H2. The second-order valence-corrected chi connectivity index (χ2v) is 7.20. The largest absolute Gasteiger partial charge is 0.119 e. The van der Waals surface area contributed by atoms with Gasteiger partial charge in [0.1, 0.15) is 0 Å². The summed E-state index contributed by atoms with van der Waals surface area (Å²) in [5, 5.41) is 0. The Hall–Kier alpha value is 0.0500. The Bertz CT molecular complexity index is 380. The van der Waals surface area contributed by atoms with Gasteiger partial charge in [0.05, 0.1) is 0 Å². The highest BCUT2D eigenvalue weighted by Crippen LogP contribution is 2.52. The van der Waals surface area contributed by atoms with E-state index in [0.717, 1.165) is 0 Å². The van der Waals surface area contributed by atoms with Crippen molar-refractivity contribution in [2.45, 2.75) is 48.2 Å². The van der Waals surface area contributed by atoms with E-state index in [4.69, 9.17) is 0 Å². The predicted octanol–water partition coefficient (Wildman–Crippen LogP) is 4.80. The first-order valence-electron chi connectivity index (χ1n) is 5.75. The van der Waals surface area contributed by atoms with Crippen LogP contribution in [0.3, 0.4) is 0 Å². The molecule has 0 atom stereocenters. The van der Waals surface area contributed by atoms with E-state index >= 15 is 0 Å². The zero-order valence-electron chi connectivity index (χ0n) is 8.76. The Morgan fingerprint density at radius 3 is 2.73 bits per heavy atom. The Morgan fingerprint density at radius 2 is 1.93 bits per heavy atom. The molecule has 1 fully saturated rings. The van der Waals surface area contributed by atoms with Gasteiger partial charge in [-0.25, -0.2) is 0 Å². The fourth-order valence-corrected chi connectivity index (χ4v) is 5.02. The average molecular weight is 283 g/mol. The van der Waals surface area contributed by atoms with Crippen molar-refractivity contribution >= 4 is 27.7 Å². The van der Waals surface area contributed by atoms with E-state index in [0.29, 0.717) is 4.75 Å². The monoisotopic (exact) mass is 282 g/mol. The quantitative estimate of drug-likeness (QED) is 0.659. The van der Waals surface area contributed by atoms with Crippen molar-refractivity contribution in [3.8, 4) is 0 Å². The average Bonchev–Trinajstić information content (AvgIpc) is 2.56. The Balaban J connectivity index is 1.90. The summed E-state index contributed by atoms with van der Waals surface area (Å²) in [7, 11) is 0. The van der Waals surface area contributed by atoms with Crippen molar-refractivity contribution in [1.29, 1.82) is 0 Å². The van der Waals surface area contributed by atoms with Crippen molar-refractivity contribution < 1.29 is 0 Å². The lowest BCUT2D eigenvalue weighted by molar-refractivity contribution is 0.400. The molecule has 0 unspecified atom stereocenters. The third-order valence-corrected chi connectivity index (χ3v) is 5.71. The lowest BCUT2D eigenvalue weighted by Crippen LogP contribution is -2.26. The van der Waals surface area contributed by atoms with Gasteiger partial charge in [-0.15, -0.1) is 11.8 Å². The molecule has 3 rings (SSSR count). The van der Waals surface area contributed by atoms with Gasteiger partial charge in [0.25, 0.3) is 0 Å². The molecular formula is C13H15BrS. The molecular weight excluding hydrogens is 268 g/mol. The summed E-state index contributed by atoms with van der Waals surface area (Å²) in [5.41, 5.74) is 1.57. The van der Waals surface area contributed by atoms with Crippen LogP contribution in [-0.2, 0) is 6.42 Å². The van der Waals surface area contributed by atoms with Crippen LogP contribution in [-0.4, -0.2) is 4.75 Å². The summed E-state index contributed by atoms with van der Waals surface area (Å²) in [6.07, 6.45) is 8.46. The summed E-state index contributed by atoms with van der Waals surface area (Å²) in [6, 6.07) is 6.78.